The molecule has 0 atom stereocenters. The van der Waals surface area contributed by atoms with Crippen molar-refractivity contribution in [3.05, 3.63) is 36.4 Å². The highest BCUT2D eigenvalue weighted by atomic mass is 32.2. The molecule has 1 aliphatic rings. The van der Waals surface area contributed by atoms with Gasteiger partial charge in [0, 0.05) is 11.9 Å². The monoisotopic (exact) mass is 348 g/mol. The largest absolute Gasteiger partial charge is 0.480 e. The smallest absolute Gasteiger partial charge is 0.323 e. The van der Waals surface area contributed by atoms with E-state index in [2.05, 4.69) is 0 Å². The number of likely N-dealkylation sites (N-methyl/N-ethyl adjacent to an activating group) is 1. The van der Waals surface area contributed by atoms with Gasteiger partial charge < -0.3 is 10.0 Å². The second-order valence-electron chi connectivity index (χ2n) is 5.44. The first kappa shape index (κ1) is 16.3. The molecule has 1 amide bonds. The fourth-order valence-corrected chi connectivity index (χ4v) is 4.55. The molecule has 8 heteroatoms. The van der Waals surface area contributed by atoms with Crippen LogP contribution < -0.4 is 4.31 Å². The lowest BCUT2D eigenvalue weighted by Gasteiger charge is -2.23. The molecule has 0 bridgehead atoms. The summed E-state index contributed by atoms with van der Waals surface area (Å²) in [5.41, 5.74) is 0.447. The van der Waals surface area contributed by atoms with Crippen LogP contribution in [-0.2, 0) is 19.6 Å². The van der Waals surface area contributed by atoms with E-state index >= 15 is 0 Å². The number of carbonyl (C=O) groups excluding carboxylic acids is 1. The highest BCUT2D eigenvalue weighted by molar-refractivity contribution is 7.93. The van der Waals surface area contributed by atoms with E-state index in [4.69, 9.17) is 5.11 Å². The van der Waals surface area contributed by atoms with E-state index in [0.717, 1.165) is 14.6 Å². The van der Waals surface area contributed by atoms with Crippen LogP contribution in [-0.4, -0.2) is 49.9 Å². The number of carboxylic acids is 1. The summed E-state index contributed by atoms with van der Waals surface area (Å²) in [5, 5.41) is 10.2. The third kappa shape index (κ3) is 2.48. The Morgan fingerprint density at radius 3 is 2.46 bits per heavy atom. The van der Waals surface area contributed by atoms with Gasteiger partial charge in [-0.1, -0.05) is 24.3 Å². The summed E-state index contributed by atoms with van der Waals surface area (Å²) < 4.78 is 26.6. The summed E-state index contributed by atoms with van der Waals surface area (Å²) in [6, 6.07) is 10.2. The molecule has 0 radical (unpaired) electrons. The van der Waals surface area contributed by atoms with E-state index in [0.29, 0.717) is 11.1 Å². The molecule has 0 saturated carbocycles. The maximum absolute atomic E-state index is 12.8. The summed E-state index contributed by atoms with van der Waals surface area (Å²) in [6.45, 7) is 0.961. The number of aliphatic carboxylic acids is 1. The Morgan fingerprint density at radius 2 is 1.83 bits per heavy atom. The van der Waals surface area contributed by atoms with Crippen molar-refractivity contribution in [1.29, 1.82) is 0 Å². The zero-order chi connectivity index (χ0) is 17.5. The Balaban J connectivity index is 2.00. The number of carbonyl (C=O) groups is 2. The van der Waals surface area contributed by atoms with Gasteiger partial charge in [0.25, 0.3) is 10.0 Å². The fraction of sp³-hybridized carbons (Fsp3) is 0.250. The quantitative estimate of drug-likeness (QED) is 0.878. The second kappa shape index (κ2) is 5.79. The van der Waals surface area contributed by atoms with Crippen molar-refractivity contribution >= 4 is 38.4 Å². The average molecular weight is 348 g/mol. The van der Waals surface area contributed by atoms with Crippen molar-refractivity contribution in [2.75, 3.05) is 23.9 Å². The van der Waals surface area contributed by atoms with Crippen LogP contribution in [0.25, 0.3) is 10.8 Å². The molecule has 0 spiro atoms. The molecule has 1 heterocycles. The van der Waals surface area contributed by atoms with Gasteiger partial charge in [0.2, 0.25) is 5.91 Å². The Hall–Kier alpha value is -2.61. The molecule has 7 nitrogen and oxygen atoms in total. The summed E-state index contributed by atoms with van der Waals surface area (Å²) >= 11 is 0. The van der Waals surface area contributed by atoms with E-state index < -0.39 is 35.0 Å². The van der Waals surface area contributed by atoms with Gasteiger partial charge in [-0.15, -0.1) is 0 Å². The van der Waals surface area contributed by atoms with Gasteiger partial charge in [0.15, 0.2) is 0 Å². The van der Waals surface area contributed by atoms with Crippen molar-refractivity contribution < 1.29 is 23.1 Å². The van der Waals surface area contributed by atoms with Crippen molar-refractivity contribution in [3.8, 4) is 0 Å². The number of nitrogens with zero attached hydrogens (tertiary/aromatic N) is 2. The third-order valence-electron chi connectivity index (χ3n) is 4.02. The Labute approximate surface area is 139 Å². The molecule has 0 aromatic heterocycles. The van der Waals surface area contributed by atoms with Crippen molar-refractivity contribution in [3.63, 3.8) is 0 Å². The van der Waals surface area contributed by atoms with Gasteiger partial charge in [-0.25, -0.2) is 8.42 Å². The lowest BCUT2D eigenvalue weighted by Crippen LogP contribution is -2.43. The number of carboxylic acid groups (broad SMARTS) is 1. The topological polar surface area (TPSA) is 95.0 Å². The SMILES string of the molecule is CCN(CC(=O)O)C(=O)CN1c2cccc3cccc(c23)S1(=O)=O. The Morgan fingerprint density at radius 1 is 1.17 bits per heavy atom. The van der Waals surface area contributed by atoms with Gasteiger partial charge in [0.1, 0.15) is 13.1 Å². The van der Waals surface area contributed by atoms with Crippen LogP contribution in [0.3, 0.4) is 0 Å². The number of amides is 1. The zero-order valence-corrected chi connectivity index (χ0v) is 13.8. The summed E-state index contributed by atoms with van der Waals surface area (Å²) in [4.78, 5) is 24.5. The lowest BCUT2D eigenvalue weighted by atomic mass is 10.1. The van der Waals surface area contributed by atoms with Gasteiger partial charge >= 0.3 is 5.97 Å². The molecule has 1 aliphatic heterocycles. The molecule has 2 aromatic carbocycles. The van der Waals surface area contributed by atoms with Crippen LogP contribution in [0.4, 0.5) is 5.69 Å². The molecule has 3 rings (SSSR count). The summed E-state index contributed by atoms with van der Waals surface area (Å²) in [5.74, 6) is -1.69. The number of benzene rings is 2. The number of anilines is 1. The molecule has 0 fully saturated rings. The van der Waals surface area contributed by atoms with E-state index in [1.165, 1.54) is 6.07 Å². The number of hydrogen-bond donors (Lipinski definition) is 1. The first-order valence-electron chi connectivity index (χ1n) is 7.40. The maximum atomic E-state index is 12.8. The average Bonchev–Trinajstić information content (AvgIpc) is 2.76. The Bertz CT molecular complexity index is 933. The van der Waals surface area contributed by atoms with Crippen molar-refractivity contribution in [2.45, 2.75) is 11.8 Å². The van der Waals surface area contributed by atoms with Crippen LogP contribution in [0.15, 0.2) is 41.3 Å². The van der Waals surface area contributed by atoms with Crippen LogP contribution in [0, 0.1) is 0 Å². The predicted molar refractivity (Wildman–Crippen MR) is 88.4 cm³/mol. The van der Waals surface area contributed by atoms with Gasteiger partial charge in [-0.3, -0.25) is 13.9 Å². The van der Waals surface area contributed by atoms with E-state index in [9.17, 15) is 18.0 Å². The zero-order valence-electron chi connectivity index (χ0n) is 13.0. The normalized spacial score (nSPS) is 14.8. The molecular formula is C16H16N2O5S. The van der Waals surface area contributed by atoms with Crippen molar-refractivity contribution in [2.24, 2.45) is 0 Å². The molecule has 126 valence electrons. The third-order valence-corrected chi connectivity index (χ3v) is 5.82. The standard InChI is InChI=1S/C16H16N2O5S/c1-2-17(10-15(20)21)14(19)9-18-12-7-3-5-11-6-4-8-13(16(11)12)24(18,22)23/h3-8H,2,9-10H2,1H3,(H,20,21). The predicted octanol–water partition coefficient (Wildman–Crippen LogP) is 1.28. The molecule has 0 aliphatic carbocycles. The van der Waals surface area contributed by atoms with Crippen LogP contribution in [0.5, 0.6) is 0 Å². The van der Waals surface area contributed by atoms with Crippen molar-refractivity contribution in [1.82, 2.24) is 4.90 Å². The minimum atomic E-state index is -3.83. The highest BCUT2D eigenvalue weighted by Crippen LogP contribution is 2.41. The van der Waals surface area contributed by atoms with Gasteiger partial charge in [0.05, 0.1) is 10.6 Å². The summed E-state index contributed by atoms with van der Waals surface area (Å²) in [7, 11) is -3.83. The molecule has 0 unspecified atom stereocenters. The fourth-order valence-electron chi connectivity index (χ4n) is 2.89. The van der Waals surface area contributed by atoms with Gasteiger partial charge in [-0.05, 0) is 24.4 Å². The first-order valence-corrected chi connectivity index (χ1v) is 8.84. The van der Waals surface area contributed by atoms with Crippen LogP contribution in [0.1, 0.15) is 6.92 Å². The number of sulfonamides is 1. The van der Waals surface area contributed by atoms with E-state index in [1.807, 2.05) is 12.1 Å². The minimum absolute atomic E-state index is 0.171. The second-order valence-corrected chi connectivity index (χ2v) is 7.28. The summed E-state index contributed by atoms with van der Waals surface area (Å²) in [6.07, 6.45) is 0. The van der Waals surface area contributed by atoms with Crippen LogP contribution >= 0.6 is 0 Å². The Kier molecular flexibility index (Phi) is 3.92. The van der Waals surface area contributed by atoms with Gasteiger partial charge in [-0.2, -0.15) is 0 Å². The highest BCUT2D eigenvalue weighted by Gasteiger charge is 2.37. The van der Waals surface area contributed by atoms with E-state index in [1.54, 1.807) is 25.1 Å². The molecular weight excluding hydrogens is 332 g/mol. The lowest BCUT2D eigenvalue weighted by molar-refractivity contribution is -0.143. The molecule has 0 saturated heterocycles. The minimum Gasteiger partial charge on any atom is -0.480 e. The molecule has 1 N–H and O–H groups in total. The first-order chi connectivity index (χ1) is 11.4. The molecule has 2 aromatic rings. The molecule has 24 heavy (non-hydrogen) atoms. The van der Waals surface area contributed by atoms with E-state index in [-0.39, 0.29) is 11.4 Å². The number of hydrogen-bond acceptors (Lipinski definition) is 4. The maximum Gasteiger partial charge on any atom is 0.323 e. The number of rotatable bonds is 5. The van der Waals surface area contributed by atoms with Crippen LogP contribution in [0.2, 0.25) is 0 Å².